The summed E-state index contributed by atoms with van der Waals surface area (Å²) in [4.78, 5) is 29.5. The number of pyridine rings is 1. The first-order chi connectivity index (χ1) is 17.3. The SMILES string of the molecule is O=C(NCc1ccc(S(=O)(=O)N2CCC3(CCN(C(=O)O)CC3)CC2)cc1)c1ccc2nccn2c1. The second-order valence-corrected chi connectivity index (χ2v) is 11.5. The predicted octanol–water partition coefficient (Wildman–Crippen LogP) is 2.81. The maximum atomic E-state index is 13.2. The average molecular weight is 512 g/mol. The van der Waals surface area contributed by atoms with Crippen LogP contribution in [0.25, 0.3) is 5.65 Å². The Bertz CT molecular complexity index is 1370. The van der Waals surface area contributed by atoms with Gasteiger partial charge in [0.25, 0.3) is 5.91 Å². The molecule has 1 spiro atoms. The number of carboxylic acid groups (broad SMARTS) is 1. The van der Waals surface area contributed by atoms with Crippen molar-refractivity contribution in [2.75, 3.05) is 26.2 Å². The molecule has 0 radical (unpaired) electrons. The van der Waals surface area contributed by atoms with Gasteiger partial charge in [-0.1, -0.05) is 12.1 Å². The summed E-state index contributed by atoms with van der Waals surface area (Å²) in [6.45, 7) is 2.18. The fourth-order valence-electron chi connectivity index (χ4n) is 5.14. The number of hydrogen-bond donors (Lipinski definition) is 2. The van der Waals surface area contributed by atoms with E-state index in [0.717, 1.165) is 36.9 Å². The van der Waals surface area contributed by atoms with Gasteiger partial charge in [0, 0.05) is 51.3 Å². The fraction of sp³-hybridized carbons (Fsp3) is 0.400. The molecule has 2 aliphatic heterocycles. The molecule has 1 aromatic carbocycles. The molecule has 0 unspecified atom stereocenters. The van der Waals surface area contributed by atoms with E-state index in [-0.39, 0.29) is 22.8 Å². The summed E-state index contributed by atoms with van der Waals surface area (Å²) in [7, 11) is -3.62. The van der Waals surface area contributed by atoms with E-state index < -0.39 is 16.1 Å². The van der Waals surface area contributed by atoms with E-state index in [9.17, 15) is 23.1 Å². The highest BCUT2D eigenvalue weighted by atomic mass is 32.2. The van der Waals surface area contributed by atoms with Crippen LogP contribution in [0.2, 0.25) is 0 Å². The van der Waals surface area contributed by atoms with E-state index in [4.69, 9.17) is 0 Å². The lowest BCUT2D eigenvalue weighted by molar-refractivity contribution is 0.0552. The lowest BCUT2D eigenvalue weighted by Gasteiger charge is -2.45. The molecule has 0 saturated carbocycles. The largest absolute Gasteiger partial charge is 0.465 e. The molecule has 2 aromatic heterocycles. The topological polar surface area (TPSA) is 124 Å². The number of nitrogens with one attached hydrogen (secondary N) is 1. The number of nitrogens with zero attached hydrogens (tertiary/aromatic N) is 4. The van der Waals surface area contributed by atoms with Gasteiger partial charge in [0.15, 0.2) is 0 Å². The molecule has 4 heterocycles. The monoisotopic (exact) mass is 511 g/mol. The van der Waals surface area contributed by atoms with Crippen LogP contribution in [-0.4, -0.2) is 70.3 Å². The number of amides is 2. The van der Waals surface area contributed by atoms with Crippen LogP contribution in [-0.2, 0) is 16.6 Å². The molecular weight excluding hydrogens is 482 g/mol. The van der Waals surface area contributed by atoms with E-state index in [2.05, 4.69) is 10.3 Å². The number of imidazole rings is 1. The highest BCUT2D eigenvalue weighted by Crippen LogP contribution is 2.42. The predicted molar refractivity (Wildman–Crippen MR) is 132 cm³/mol. The summed E-state index contributed by atoms with van der Waals surface area (Å²) in [5, 5.41) is 12.0. The van der Waals surface area contributed by atoms with Gasteiger partial charge in [-0.15, -0.1) is 0 Å². The summed E-state index contributed by atoms with van der Waals surface area (Å²) in [5.74, 6) is -0.223. The van der Waals surface area contributed by atoms with E-state index >= 15 is 0 Å². The van der Waals surface area contributed by atoms with Crippen LogP contribution in [0.4, 0.5) is 4.79 Å². The molecule has 3 aromatic rings. The molecule has 2 saturated heterocycles. The van der Waals surface area contributed by atoms with Crippen molar-refractivity contribution in [3.05, 3.63) is 66.1 Å². The van der Waals surface area contributed by atoms with Crippen LogP contribution >= 0.6 is 0 Å². The minimum absolute atomic E-state index is 0.0302. The molecule has 10 nitrogen and oxygen atoms in total. The molecule has 0 bridgehead atoms. The Morgan fingerprint density at radius 1 is 0.972 bits per heavy atom. The minimum Gasteiger partial charge on any atom is -0.465 e. The van der Waals surface area contributed by atoms with Gasteiger partial charge in [-0.3, -0.25) is 4.79 Å². The normalized spacial score (nSPS) is 18.4. The lowest BCUT2D eigenvalue weighted by Crippen LogP contribution is -2.49. The average Bonchev–Trinajstić information content (AvgIpc) is 3.36. The molecule has 2 N–H and O–H groups in total. The summed E-state index contributed by atoms with van der Waals surface area (Å²) in [5.41, 5.74) is 2.10. The molecular formula is C25H29N5O5S. The van der Waals surface area contributed by atoms with Crippen molar-refractivity contribution in [1.29, 1.82) is 0 Å². The molecule has 2 aliphatic rings. The van der Waals surface area contributed by atoms with E-state index in [0.29, 0.717) is 31.7 Å². The molecule has 11 heteroatoms. The van der Waals surface area contributed by atoms with E-state index in [1.165, 1.54) is 9.21 Å². The summed E-state index contributed by atoms with van der Waals surface area (Å²) in [6, 6.07) is 10.1. The fourth-order valence-corrected chi connectivity index (χ4v) is 6.58. The van der Waals surface area contributed by atoms with E-state index in [1.54, 1.807) is 59.4 Å². The Kier molecular flexibility index (Phi) is 6.44. The smallest absolute Gasteiger partial charge is 0.407 e. The number of sulfonamides is 1. The standard InChI is InChI=1S/C25H29N5O5S/c31-23(20-3-6-22-26-11-16-29(22)18-20)27-17-19-1-4-21(5-2-19)36(34,35)30-14-9-25(10-15-30)7-12-28(13-8-25)24(32)33/h1-6,11,16,18H,7-10,12-15,17H2,(H,27,31)(H,32,33). The molecule has 190 valence electrons. The third kappa shape index (κ3) is 4.80. The van der Waals surface area contributed by atoms with Gasteiger partial charge in [0.05, 0.1) is 10.5 Å². The van der Waals surface area contributed by atoms with Crippen LogP contribution in [0.1, 0.15) is 41.6 Å². The van der Waals surface area contributed by atoms with Gasteiger partial charge >= 0.3 is 6.09 Å². The van der Waals surface area contributed by atoms with Gasteiger partial charge in [0.1, 0.15) is 5.65 Å². The third-order valence-electron chi connectivity index (χ3n) is 7.54. The van der Waals surface area contributed by atoms with Crippen molar-refractivity contribution >= 4 is 27.7 Å². The quantitative estimate of drug-likeness (QED) is 0.543. The second-order valence-electron chi connectivity index (χ2n) is 9.61. The first-order valence-electron chi connectivity index (χ1n) is 12.0. The molecule has 5 rings (SSSR count). The van der Waals surface area contributed by atoms with Gasteiger partial charge in [-0.2, -0.15) is 4.31 Å². The zero-order valence-corrected chi connectivity index (χ0v) is 20.7. The van der Waals surface area contributed by atoms with Crippen molar-refractivity contribution in [3.63, 3.8) is 0 Å². The number of carbonyl (C=O) groups excluding carboxylic acids is 1. The number of carbonyl (C=O) groups is 2. The third-order valence-corrected chi connectivity index (χ3v) is 9.46. The van der Waals surface area contributed by atoms with Gasteiger partial charge < -0.3 is 19.7 Å². The van der Waals surface area contributed by atoms with Crippen LogP contribution in [0.15, 0.2) is 59.9 Å². The molecule has 36 heavy (non-hydrogen) atoms. The number of piperidine rings is 2. The van der Waals surface area contributed by atoms with Crippen molar-refractivity contribution < 1.29 is 23.1 Å². The Labute approximate surface area is 209 Å². The number of hydrogen-bond acceptors (Lipinski definition) is 5. The number of aromatic nitrogens is 2. The number of fused-ring (bicyclic) bond motifs is 1. The number of benzene rings is 1. The molecule has 0 aliphatic carbocycles. The van der Waals surface area contributed by atoms with Gasteiger partial charge in [-0.25, -0.2) is 18.2 Å². The Morgan fingerprint density at radius 3 is 2.31 bits per heavy atom. The van der Waals surface area contributed by atoms with Crippen LogP contribution < -0.4 is 5.32 Å². The summed E-state index contributed by atoms with van der Waals surface area (Å²) in [6.07, 6.45) is 7.32. The molecule has 2 fully saturated rings. The van der Waals surface area contributed by atoms with E-state index in [1.807, 2.05) is 0 Å². The van der Waals surface area contributed by atoms with Crippen molar-refractivity contribution in [2.24, 2.45) is 5.41 Å². The maximum Gasteiger partial charge on any atom is 0.407 e. The summed E-state index contributed by atoms with van der Waals surface area (Å²) < 4.78 is 29.7. The van der Waals surface area contributed by atoms with Crippen molar-refractivity contribution in [3.8, 4) is 0 Å². The lowest BCUT2D eigenvalue weighted by atomic mass is 9.72. The zero-order valence-electron chi connectivity index (χ0n) is 19.8. The first-order valence-corrected chi connectivity index (χ1v) is 13.5. The van der Waals surface area contributed by atoms with Gasteiger partial charge in [-0.05, 0) is 60.9 Å². The molecule has 2 amide bonds. The highest BCUT2D eigenvalue weighted by Gasteiger charge is 2.41. The molecule has 0 atom stereocenters. The zero-order chi connectivity index (χ0) is 25.3. The van der Waals surface area contributed by atoms with Crippen molar-refractivity contribution in [1.82, 2.24) is 23.9 Å². The van der Waals surface area contributed by atoms with Crippen LogP contribution in [0, 0.1) is 5.41 Å². The first kappa shape index (κ1) is 24.3. The number of likely N-dealkylation sites (tertiary alicyclic amines) is 1. The minimum atomic E-state index is -3.62. The number of rotatable bonds is 5. The highest BCUT2D eigenvalue weighted by molar-refractivity contribution is 7.89. The van der Waals surface area contributed by atoms with Crippen molar-refractivity contribution in [2.45, 2.75) is 37.1 Å². The van der Waals surface area contributed by atoms with Crippen LogP contribution in [0.5, 0.6) is 0 Å². The van der Waals surface area contributed by atoms with Gasteiger partial charge in [0.2, 0.25) is 10.0 Å². The summed E-state index contributed by atoms with van der Waals surface area (Å²) >= 11 is 0. The Hall–Kier alpha value is -3.44. The Morgan fingerprint density at radius 2 is 1.64 bits per heavy atom. The Balaban J connectivity index is 1.16. The van der Waals surface area contributed by atoms with Crippen LogP contribution in [0.3, 0.4) is 0 Å². The second kappa shape index (κ2) is 9.55. The maximum absolute atomic E-state index is 13.2.